The summed E-state index contributed by atoms with van der Waals surface area (Å²) >= 11 is 12.0. The minimum absolute atomic E-state index is 0.142. The molecule has 1 amide bonds. The fraction of sp³-hybridized carbons (Fsp3) is 0.611. The maximum absolute atomic E-state index is 12.3. The van der Waals surface area contributed by atoms with Gasteiger partial charge >= 0.3 is 0 Å². The van der Waals surface area contributed by atoms with Gasteiger partial charge in [-0.25, -0.2) is 0 Å². The van der Waals surface area contributed by atoms with Gasteiger partial charge in [0.2, 0.25) is 5.91 Å². The second-order valence-electron chi connectivity index (χ2n) is 6.67. The van der Waals surface area contributed by atoms with Crippen molar-refractivity contribution in [2.24, 2.45) is 11.8 Å². The lowest BCUT2D eigenvalue weighted by Crippen LogP contribution is -2.40. The molecule has 0 spiro atoms. The van der Waals surface area contributed by atoms with Crippen molar-refractivity contribution in [3.8, 4) is 5.75 Å². The molecule has 3 nitrogen and oxygen atoms in total. The third kappa shape index (κ3) is 4.13. The van der Waals surface area contributed by atoms with E-state index in [1.54, 1.807) is 7.11 Å². The van der Waals surface area contributed by atoms with E-state index < -0.39 is 4.33 Å². The molecule has 0 aromatic heterocycles. The number of carbonyl (C=O) groups is 1. The first-order valence-electron chi connectivity index (χ1n) is 8.29. The van der Waals surface area contributed by atoms with Crippen LogP contribution in [-0.4, -0.2) is 35.3 Å². The van der Waals surface area contributed by atoms with Crippen molar-refractivity contribution in [2.45, 2.75) is 36.4 Å². The van der Waals surface area contributed by atoms with E-state index in [1.807, 2.05) is 17.0 Å². The first-order valence-corrected chi connectivity index (χ1v) is 9.05. The van der Waals surface area contributed by atoms with Gasteiger partial charge in [0.05, 0.1) is 13.0 Å². The van der Waals surface area contributed by atoms with Gasteiger partial charge in [0, 0.05) is 13.1 Å². The molecule has 0 radical (unpaired) electrons. The number of amides is 1. The van der Waals surface area contributed by atoms with Crippen molar-refractivity contribution in [1.29, 1.82) is 0 Å². The molecule has 2 aliphatic rings. The summed E-state index contributed by atoms with van der Waals surface area (Å²) in [7, 11) is 1.68. The molecule has 0 N–H and O–H groups in total. The van der Waals surface area contributed by atoms with Gasteiger partial charge < -0.3 is 9.64 Å². The number of methoxy groups -OCH3 is 1. The van der Waals surface area contributed by atoms with Gasteiger partial charge in [-0.05, 0) is 55.7 Å². The van der Waals surface area contributed by atoms with Gasteiger partial charge in [-0.3, -0.25) is 4.79 Å². The molecular weight excluding hydrogens is 333 g/mol. The third-order valence-electron chi connectivity index (χ3n) is 5.05. The summed E-state index contributed by atoms with van der Waals surface area (Å²) in [6.45, 7) is 1.68. The van der Waals surface area contributed by atoms with Gasteiger partial charge in [-0.1, -0.05) is 12.1 Å². The summed E-state index contributed by atoms with van der Waals surface area (Å²) in [5, 5.41) is 0. The SMILES string of the molecule is COc1ccc(CCC2CCN(C(=O)C3CC3(Cl)Cl)CC2)cc1. The Labute approximate surface area is 147 Å². The molecule has 1 saturated carbocycles. The Morgan fingerprint density at radius 1 is 1.26 bits per heavy atom. The summed E-state index contributed by atoms with van der Waals surface area (Å²) < 4.78 is 4.38. The molecule has 23 heavy (non-hydrogen) atoms. The van der Waals surface area contributed by atoms with Crippen LogP contribution in [0.4, 0.5) is 0 Å². The monoisotopic (exact) mass is 355 g/mol. The van der Waals surface area contributed by atoms with Crippen molar-refractivity contribution >= 4 is 29.1 Å². The number of rotatable bonds is 5. The molecule has 1 heterocycles. The zero-order chi connectivity index (χ0) is 16.4. The topological polar surface area (TPSA) is 29.5 Å². The van der Waals surface area contributed by atoms with Crippen LogP contribution < -0.4 is 4.74 Å². The number of likely N-dealkylation sites (tertiary alicyclic amines) is 1. The van der Waals surface area contributed by atoms with Crippen LogP contribution >= 0.6 is 23.2 Å². The molecule has 126 valence electrons. The standard InChI is InChI=1S/C18H23Cl2NO2/c1-23-15-6-4-13(5-7-15)2-3-14-8-10-21(11-9-14)17(22)16-12-18(16,19)20/h4-7,14,16H,2-3,8-12H2,1H3. The average Bonchev–Trinajstić information content (AvgIpc) is 3.21. The first-order chi connectivity index (χ1) is 11.0. The third-order valence-corrected chi connectivity index (χ3v) is 5.89. The molecule has 1 aromatic carbocycles. The van der Waals surface area contributed by atoms with E-state index in [2.05, 4.69) is 12.1 Å². The number of nitrogens with zero attached hydrogens (tertiary/aromatic N) is 1. The highest BCUT2D eigenvalue weighted by Gasteiger charge is 2.57. The molecule has 1 unspecified atom stereocenters. The predicted octanol–water partition coefficient (Wildman–Crippen LogP) is 4.06. The van der Waals surface area contributed by atoms with Crippen LogP contribution in [-0.2, 0) is 11.2 Å². The maximum Gasteiger partial charge on any atom is 0.228 e. The summed E-state index contributed by atoms with van der Waals surface area (Å²) in [5.41, 5.74) is 1.34. The van der Waals surface area contributed by atoms with Crippen molar-refractivity contribution in [3.63, 3.8) is 0 Å². The molecule has 1 aromatic rings. The molecule has 5 heteroatoms. The lowest BCUT2D eigenvalue weighted by Gasteiger charge is -2.32. The fourth-order valence-corrected chi connectivity index (χ4v) is 3.80. The number of halogens is 2. The van der Waals surface area contributed by atoms with E-state index >= 15 is 0 Å². The lowest BCUT2D eigenvalue weighted by atomic mass is 9.90. The van der Waals surface area contributed by atoms with Crippen molar-refractivity contribution in [2.75, 3.05) is 20.2 Å². The second-order valence-corrected chi connectivity index (χ2v) is 8.22. The van der Waals surface area contributed by atoms with Crippen molar-refractivity contribution in [1.82, 2.24) is 4.90 Å². The fourth-order valence-electron chi connectivity index (χ4n) is 3.31. The Balaban J connectivity index is 1.41. The number of hydrogen-bond acceptors (Lipinski definition) is 2. The Bertz CT molecular complexity index is 551. The molecule has 0 bridgehead atoms. The number of piperidine rings is 1. The Morgan fingerprint density at radius 2 is 1.87 bits per heavy atom. The van der Waals surface area contributed by atoms with Gasteiger partial charge in [-0.2, -0.15) is 0 Å². The molecule has 1 atom stereocenters. The molecular formula is C18H23Cl2NO2. The van der Waals surface area contributed by atoms with E-state index in [-0.39, 0.29) is 11.8 Å². The molecule has 1 aliphatic carbocycles. The van der Waals surface area contributed by atoms with Gasteiger partial charge in [-0.15, -0.1) is 23.2 Å². The van der Waals surface area contributed by atoms with Crippen molar-refractivity contribution in [3.05, 3.63) is 29.8 Å². The lowest BCUT2D eigenvalue weighted by molar-refractivity contribution is -0.134. The number of benzene rings is 1. The Kier molecular flexibility index (Phi) is 5.07. The van der Waals surface area contributed by atoms with Crippen LogP contribution in [0, 0.1) is 11.8 Å². The first kappa shape index (κ1) is 16.9. The van der Waals surface area contributed by atoms with Crippen LogP contribution in [0.2, 0.25) is 0 Å². The maximum atomic E-state index is 12.3. The molecule has 1 saturated heterocycles. The molecule has 2 fully saturated rings. The largest absolute Gasteiger partial charge is 0.497 e. The van der Waals surface area contributed by atoms with Crippen molar-refractivity contribution < 1.29 is 9.53 Å². The Hall–Kier alpha value is -0.930. The van der Waals surface area contributed by atoms with E-state index in [9.17, 15) is 4.79 Å². The van der Waals surface area contributed by atoms with Crippen LogP contribution in [0.1, 0.15) is 31.2 Å². The predicted molar refractivity (Wildman–Crippen MR) is 93.2 cm³/mol. The van der Waals surface area contributed by atoms with Gasteiger partial charge in [0.1, 0.15) is 10.1 Å². The van der Waals surface area contributed by atoms with Crippen LogP contribution in [0.25, 0.3) is 0 Å². The van der Waals surface area contributed by atoms with Gasteiger partial charge in [0.25, 0.3) is 0 Å². The number of alkyl halides is 2. The molecule has 3 rings (SSSR count). The highest BCUT2D eigenvalue weighted by molar-refractivity contribution is 6.52. The molecule has 1 aliphatic heterocycles. The minimum atomic E-state index is -0.803. The summed E-state index contributed by atoms with van der Waals surface area (Å²) in [6, 6.07) is 8.28. The number of ether oxygens (including phenoxy) is 1. The summed E-state index contributed by atoms with van der Waals surface area (Å²) in [4.78, 5) is 14.2. The van der Waals surface area contributed by atoms with E-state index in [4.69, 9.17) is 27.9 Å². The van der Waals surface area contributed by atoms with Crippen LogP contribution in [0.3, 0.4) is 0 Å². The van der Waals surface area contributed by atoms with Crippen LogP contribution in [0.5, 0.6) is 5.75 Å². The highest BCUT2D eigenvalue weighted by atomic mass is 35.5. The second kappa shape index (κ2) is 6.90. The quantitative estimate of drug-likeness (QED) is 0.745. The smallest absolute Gasteiger partial charge is 0.228 e. The number of aryl methyl sites for hydroxylation is 1. The van der Waals surface area contributed by atoms with Gasteiger partial charge in [0.15, 0.2) is 0 Å². The summed E-state index contributed by atoms with van der Waals surface area (Å²) in [6.07, 6.45) is 5.01. The number of carbonyl (C=O) groups excluding carboxylic acids is 1. The normalized spacial score (nSPS) is 23.6. The Morgan fingerprint density at radius 3 is 2.39 bits per heavy atom. The van der Waals surface area contributed by atoms with Crippen LogP contribution in [0.15, 0.2) is 24.3 Å². The van der Waals surface area contributed by atoms with E-state index in [1.165, 1.54) is 12.0 Å². The minimum Gasteiger partial charge on any atom is -0.497 e. The number of hydrogen-bond donors (Lipinski definition) is 0. The van der Waals surface area contributed by atoms with E-state index in [0.29, 0.717) is 12.3 Å². The highest BCUT2D eigenvalue weighted by Crippen LogP contribution is 2.54. The zero-order valence-electron chi connectivity index (χ0n) is 13.4. The average molecular weight is 356 g/mol. The zero-order valence-corrected chi connectivity index (χ0v) is 14.9. The van der Waals surface area contributed by atoms with E-state index in [0.717, 1.165) is 38.1 Å². The summed E-state index contributed by atoms with van der Waals surface area (Å²) in [5.74, 6) is 1.55.